The van der Waals surface area contributed by atoms with Crippen molar-refractivity contribution in [2.75, 3.05) is 19.0 Å². The van der Waals surface area contributed by atoms with Gasteiger partial charge in [0.05, 0.1) is 29.9 Å². The number of methoxy groups -OCH3 is 1. The Bertz CT molecular complexity index is 735. The lowest BCUT2D eigenvalue weighted by Crippen LogP contribution is -2.33. The molecule has 5 nitrogen and oxygen atoms in total. The van der Waals surface area contributed by atoms with Gasteiger partial charge in [0.25, 0.3) is 5.91 Å². The first kappa shape index (κ1) is 17.1. The van der Waals surface area contributed by atoms with Crippen LogP contribution in [0.4, 0.5) is 5.69 Å². The van der Waals surface area contributed by atoms with Crippen molar-refractivity contribution in [2.45, 2.75) is 0 Å². The van der Waals surface area contributed by atoms with Gasteiger partial charge in [-0.25, -0.2) is 0 Å². The number of amides is 2. The fraction of sp³-hybridized carbons (Fsp3) is 0.125. The molecule has 0 aromatic heterocycles. The van der Waals surface area contributed by atoms with Gasteiger partial charge in [-0.3, -0.25) is 9.59 Å². The molecule has 0 heterocycles. The largest absolute Gasteiger partial charge is 0.495 e. The van der Waals surface area contributed by atoms with Gasteiger partial charge < -0.3 is 15.4 Å². The highest BCUT2D eigenvalue weighted by atomic mass is 35.5. The summed E-state index contributed by atoms with van der Waals surface area (Å²) in [7, 11) is 1.48. The van der Waals surface area contributed by atoms with Gasteiger partial charge in [-0.2, -0.15) is 0 Å². The summed E-state index contributed by atoms with van der Waals surface area (Å²) in [5, 5.41) is 5.91. The second kappa shape index (κ2) is 7.85. The van der Waals surface area contributed by atoms with E-state index < -0.39 is 11.8 Å². The van der Waals surface area contributed by atoms with Gasteiger partial charge in [-0.05, 0) is 30.3 Å². The number of halogens is 2. The zero-order valence-corrected chi connectivity index (χ0v) is 13.7. The highest BCUT2D eigenvalue weighted by molar-refractivity contribution is 6.33. The maximum absolute atomic E-state index is 12.0. The number of rotatable bonds is 5. The minimum absolute atomic E-state index is 0.209. The number of anilines is 1. The molecule has 0 aliphatic heterocycles. The molecule has 23 heavy (non-hydrogen) atoms. The molecule has 0 bridgehead atoms. The average Bonchev–Trinajstić information content (AvgIpc) is 2.53. The molecule has 0 saturated carbocycles. The summed E-state index contributed by atoms with van der Waals surface area (Å²) >= 11 is 11.8. The second-order valence-electron chi connectivity index (χ2n) is 4.56. The van der Waals surface area contributed by atoms with E-state index in [9.17, 15) is 9.59 Å². The molecule has 0 radical (unpaired) electrons. The van der Waals surface area contributed by atoms with Crippen molar-refractivity contribution in [2.24, 2.45) is 0 Å². The van der Waals surface area contributed by atoms with Gasteiger partial charge in [0.2, 0.25) is 5.91 Å². The SMILES string of the molecule is COc1ccc(Cl)cc1NC(=O)CNC(=O)c1ccccc1Cl. The fourth-order valence-corrected chi connectivity index (χ4v) is 2.27. The van der Waals surface area contributed by atoms with Crippen LogP contribution in [-0.4, -0.2) is 25.5 Å². The molecule has 2 aromatic carbocycles. The minimum atomic E-state index is -0.427. The zero-order valence-electron chi connectivity index (χ0n) is 12.2. The normalized spacial score (nSPS) is 10.0. The van der Waals surface area contributed by atoms with Crippen molar-refractivity contribution in [1.82, 2.24) is 5.32 Å². The van der Waals surface area contributed by atoms with E-state index in [2.05, 4.69) is 10.6 Å². The maximum atomic E-state index is 12.0. The van der Waals surface area contributed by atoms with Crippen LogP contribution < -0.4 is 15.4 Å². The quantitative estimate of drug-likeness (QED) is 0.866. The van der Waals surface area contributed by atoms with Crippen LogP contribution in [0.1, 0.15) is 10.4 Å². The van der Waals surface area contributed by atoms with E-state index in [0.717, 1.165) is 0 Å². The van der Waals surface area contributed by atoms with Gasteiger partial charge >= 0.3 is 0 Å². The van der Waals surface area contributed by atoms with Crippen molar-refractivity contribution < 1.29 is 14.3 Å². The summed E-state index contributed by atoms with van der Waals surface area (Å²) in [6.45, 7) is -0.209. The summed E-state index contributed by atoms with van der Waals surface area (Å²) in [4.78, 5) is 23.9. The standard InChI is InChI=1S/C16H14Cl2N2O3/c1-23-14-7-6-10(17)8-13(14)20-15(21)9-19-16(22)11-4-2-3-5-12(11)18/h2-8H,9H2,1H3,(H,19,22)(H,20,21). The van der Waals surface area contributed by atoms with Crippen molar-refractivity contribution >= 4 is 40.7 Å². The van der Waals surface area contributed by atoms with E-state index in [4.69, 9.17) is 27.9 Å². The molecule has 2 aromatic rings. The predicted molar refractivity (Wildman–Crippen MR) is 90.4 cm³/mol. The van der Waals surface area contributed by atoms with Crippen LogP contribution in [-0.2, 0) is 4.79 Å². The molecule has 0 unspecified atom stereocenters. The monoisotopic (exact) mass is 352 g/mol. The summed E-state index contributed by atoms with van der Waals surface area (Å²) < 4.78 is 5.13. The summed E-state index contributed by atoms with van der Waals surface area (Å²) in [5.41, 5.74) is 0.735. The Balaban J connectivity index is 1.97. The lowest BCUT2D eigenvalue weighted by atomic mass is 10.2. The van der Waals surface area contributed by atoms with Crippen LogP contribution in [0.3, 0.4) is 0 Å². The van der Waals surface area contributed by atoms with Gasteiger partial charge in [0, 0.05) is 5.02 Å². The Morgan fingerprint density at radius 2 is 1.87 bits per heavy atom. The lowest BCUT2D eigenvalue weighted by molar-refractivity contribution is -0.115. The highest BCUT2D eigenvalue weighted by Crippen LogP contribution is 2.27. The number of carbonyl (C=O) groups is 2. The summed E-state index contributed by atoms with van der Waals surface area (Å²) in [6.07, 6.45) is 0. The molecule has 0 aliphatic carbocycles. The first-order chi connectivity index (χ1) is 11.0. The molecular weight excluding hydrogens is 339 g/mol. The van der Waals surface area contributed by atoms with Crippen molar-refractivity contribution in [3.8, 4) is 5.75 Å². The van der Waals surface area contributed by atoms with Crippen LogP contribution in [0.25, 0.3) is 0 Å². The zero-order chi connectivity index (χ0) is 16.8. The molecule has 2 rings (SSSR count). The molecule has 120 valence electrons. The number of benzene rings is 2. The smallest absolute Gasteiger partial charge is 0.253 e. The van der Waals surface area contributed by atoms with E-state index in [1.165, 1.54) is 7.11 Å². The molecule has 7 heteroatoms. The van der Waals surface area contributed by atoms with Gasteiger partial charge in [-0.1, -0.05) is 35.3 Å². The van der Waals surface area contributed by atoms with Crippen molar-refractivity contribution in [3.63, 3.8) is 0 Å². The number of ether oxygens (including phenoxy) is 1. The second-order valence-corrected chi connectivity index (χ2v) is 5.40. The molecule has 2 amide bonds. The van der Waals surface area contributed by atoms with Crippen LogP contribution in [0, 0.1) is 0 Å². The van der Waals surface area contributed by atoms with Crippen LogP contribution >= 0.6 is 23.2 Å². The third kappa shape index (κ3) is 4.61. The summed E-state index contributed by atoms with van der Waals surface area (Å²) in [6, 6.07) is 11.4. The molecular formula is C16H14Cl2N2O3. The Labute approximate surface area is 143 Å². The topological polar surface area (TPSA) is 67.4 Å². The summed E-state index contributed by atoms with van der Waals surface area (Å²) in [5.74, 6) is -0.366. The van der Waals surface area contributed by atoms with E-state index in [1.54, 1.807) is 42.5 Å². The molecule has 0 aliphatic rings. The molecule has 0 spiro atoms. The lowest BCUT2D eigenvalue weighted by Gasteiger charge is -2.11. The van der Waals surface area contributed by atoms with E-state index in [0.29, 0.717) is 27.0 Å². The first-order valence-electron chi connectivity index (χ1n) is 6.67. The molecule has 0 fully saturated rings. The van der Waals surface area contributed by atoms with Gasteiger partial charge in [0.15, 0.2) is 0 Å². The Morgan fingerprint density at radius 1 is 1.13 bits per heavy atom. The van der Waals surface area contributed by atoms with Crippen LogP contribution in [0.5, 0.6) is 5.75 Å². The van der Waals surface area contributed by atoms with Crippen molar-refractivity contribution in [3.05, 3.63) is 58.1 Å². The Hall–Kier alpha value is -2.24. The van der Waals surface area contributed by atoms with E-state index in [1.807, 2.05) is 0 Å². The maximum Gasteiger partial charge on any atom is 0.253 e. The van der Waals surface area contributed by atoms with E-state index >= 15 is 0 Å². The van der Waals surface area contributed by atoms with Gasteiger partial charge in [-0.15, -0.1) is 0 Å². The number of hydrogen-bond donors (Lipinski definition) is 2. The van der Waals surface area contributed by atoms with E-state index in [-0.39, 0.29) is 6.54 Å². The number of nitrogens with one attached hydrogen (secondary N) is 2. The highest BCUT2D eigenvalue weighted by Gasteiger charge is 2.12. The van der Waals surface area contributed by atoms with Gasteiger partial charge in [0.1, 0.15) is 5.75 Å². The number of carbonyl (C=O) groups excluding carboxylic acids is 2. The van der Waals surface area contributed by atoms with Crippen LogP contribution in [0.2, 0.25) is 10.0 Å². The Morgan fingerprint density at radius 3 is 2.57 bits per heavy atom. The van der Waals surface area contributed by atoms with Crippen LogP contribution in [0.15, 0.2) is 42.5 Å². The fourth-order valence-electron chi connectivity index (χ4n) is 1.87. The Kier molecular flexibility index (Phi) is 5.84. The first-order valence-corrected chi connectivity index (χ1v) is 7.43. The molecule has 2 N–H and O–H groups in total. The minimum Gasteiger partial charge on any atom is -0.495 e. The third-order valence-corrected chi connectivity index (χ3v) is 3.53. The third-order valence-electron chi connectivity index (χ3n) is 2.96. The average molecular weight is 353 g/mol. The predicted octanol–water partition coefficient (Wildman–Crippen LogP) is 3.37. The van der Waals surface area contributed by atoms with Crippen molar-refractivity contribution in [1.29, 1.82) is 0 Å². The molecule has 0 atom stereocenters. The molecule has 0 saturated heterocycles. The number of hydrogen-bond acceptors (Lipinski definition) is 3.